The Bertz CT molecular complexity index is 557. The van der Waals surface area contributed by atoms with Gasteiger partial charge in [0.2, 0.25) is 0 Å². The van der Waals surface area contributed by atoms with Crippen molar-refractivity contribution in [1.29, 1.82) is 0 Å². The number of benzene rings is 1. The van der Waals surface area contributed by atoms with Crippen molar-refractivity contribution in [2.75, 3.05) is 0 Å². The smallest absolute Gasteiger partial charge is 0.312 e. The van der Waals surface area contributed by atoms with E-state index in [1.165, 1.54) is 0 Å². The average molecular weight is 218 g/mol. The van der Waals surface area contributed by atoms with Gasteiger partial charge in [-0.15, -0.1) is 0 Å². The van der Waals surface area contributed by atoms with Crippen LogP contribution in [0.3, 0.4) is 0 Å². The molecule has 1 unspecified atom stereocenters. The molecule has 0 saturated carbocycles. The summed E-state index contributed by atoms with van der Waals surface area (Å²) in [6, 6.07) is 5.81. The number of hydrogen-bond acceptors (Lipinski definition) is 2. The van der Waals surface area contributed by atoms with E-state index in [-0.39, 0.29) is 0 Å². The van der Waals surface area contributed by atoms with E-state index in [1.807, 2.05) is 25.1 Å². The molecule has 1 atom stereocenters. The number of rotatable bonds is 2. The zero-order chi connectivity index (χ0) is 11.9. The minimum Gasteiger partial charge on any atom is -0.481 e. The SMILES string of the molecule is Cc1cccc2nn(C)c(C(C)C(=O)O)c12. The van der Waals surface area contributed by atoms with E-state index in [0.29, 0.717) is 0 Å². The lowest BCUT2D eigenvalue weighted by Crippen LogP contribution is -2.12. The van der Waals surface area contributed by atoms with Crippen LogP contribution in [0.2, 0.25) is 0 Å². The van der Waals surface area contributed by atoms with Gasteiger partial charge in [-0.3, -0.25) is 9.48 Å². The predicted octanol–water partition coefficient (Wildman–Crippen LogP) is 2.07. The Morgan fingerprint density at radius 1 is 1.50 bits per heavy atom. The van der Waals surface area contributed by atoms with Crippen molar-refractivity contribution >= 4 is 16.9 Å². The number of carbonyl (C=O) groups is 1. The van der Waals surface area contributed by atoms with Crippen LogP contribution < -0.4 is 0 Å². The van der Waals surface area contributed by atoms with Crippen LogP contribution in [0.25, 0.3) is 10.9 Å². The molecule has 4 heteroatoms. The standard InChI is InChI=1S/C12H14N2O2/c1-7-5-4-6-9-10(7)11(14(3)13-9)8(2)12(15)16/h4-6,8H,1-3H3,(H,15,16). The number of aryl methyl sites for hydroxylation is 2. The first-order chi connectivity index (χ1) is 7.52. The van der Waals surface area contributed by atoms with Crippen LogP contribution in [-0.4, -0.2) is 20.9 Å². The highest BCUT2D eigenvalue weighted by molar-refractivity contribution is 5.89. The van der Waals surface area contributed by atoms with Gasteiger partial charge in [0, 0.05) is 12.4 Å². The molecule has 0 fully saturated rings. The third-order valence-electron chi connectivity index (χ3n) is 2.89. The Morgan fingerprint density at radius 3 is 2.81 bits per heavy atom. The van der Waals surface area contributed by atoms with Gasteiger partial charge in [0.1, 0.15) is 0 Å². The predicted molar refractivity (Wildman–Crippen MR) is 61.5 cm³/mol. The molecule has 4 nitrogen and oxygen atoms in total. The van der Waals surface area contributed by atoms with Crippen molar-refractivity contribution < 1.29 is 9.90 Å². The van der Waals surface area contributed by atoms with Crippen molar-refractivity contribution in [2.24, 2.45) is 7.05 Å². The highest BCUT2D eigenvalue weighted by atomic mass is 16.4. The third-order valence-corrected chi connectivity index (χ3v) is 2.89. The second-order valence-electron chi connectivity index (χ2n) is 4.04. The molecule has 2 rings (SSSR count). The third kappa shape index (κ3) is 1.46. The summed E-state index contributed by atoms with van der Waals surface area (Å²) in [6.45, 7) is 3.66. The molecule has 1 aromatic heterocycles. The molecule has 1 aromatic carbocycles. The lowest BCUT2D eigenvalue weighted by atomic mass is 10.0. The Hall–Kier alpha value is -1.84. The zero-order valence-electron chi connectivity index (χ0n) is 9.56. The van der Waals surface area contributed by atoms with Gasteiger partial charge < -0.3 is 5.11 Å². The van der Waals surface area contributed by atoms with Crippen molar-refractivity contribution in [2.45, 2.75) is 19.8 Å². The second kappa shape index (κ2) is 3.63. The highest BCUT2D eigenvalue weighted by Crippen LogP contribution is 2.27. The number of carboxylic acid groups (broad SMARTS) is 1. The first-order valence-corrected chi connectivity index (χ1v) is 5.17. The van der Waals surface area contributed by atoms with E-state index in [4.69, 9.17) is 5.11 Å². The van der Waals surface area contributed by atoms with Crippen molar-refractivity contribution in [3.05, 3.63) is 29.5 Å². The van der Waals surface area contributed by atoms with Gasteiger partial charge >= 0.3 is 5.97 Å². The number of carboxylic acids is 1. The van der Waals surface area contributed by atoms with Crippen LogP contribution in [-0.2, 0) is 11.8 Å². The number of aliphatic carboxylic acids is 1. The van der Waals surface area contributed by atoms with E-state index < -0.39 is 11.9 Å². The monoisotopic (exact) mass is 218 g/mol. The molecule has 0 saturated heterocycles. The quantitative estimate of drug-likeness (QED) is 0.839. The molecule has 0 aliphatic carbocycles. The van der Waals surface area contributed by atoms with Crippen LogP contribution in [0.15, 0.2) is 18.2 Å². The highest BCUT2D eigenvalue weighted by Gasteiger charge is 2.22. The molecule has 0 aliphatic heterocycles. The molecule has 0 bridgehead atoms. The van der Waals surface area contributed by atoms with Gasteiger partial charge in [0.25, 0.3) is 0 Å². The Balaban J connectivity index is 2.77. The summed E-state index contributed by atoms with van der Waals surface area (Å²) in [4.78, 5) is 11.1. The van der Waals surface area contributed by atoms with Gasteiger partial charge in [0.15, 0.2) is 0 Å². The van der Waals surface area contributed by atoms with E-state index in [0.717, 1.165) is 22.2 Å². The zero-order valence-corrected chi connectivity index (χ0v) is 9.56. The number of nitrogens with zero attached hydrogens (tertiary/aromatic N) is 2. The fourth-order valence-electron chi connectivity index (χ4n) is 2.06. The Morgan fingerprint density at radius 2 is 2.19 bits per heavy atom. The molecule has 84 valence electrons. The van der Waals surface area contributed by atoms with Crippen LogP contribution >= 0.6 is 0 Å². The molecule has 16 heavy (non-hydrogen) atoms. The summed E-state index contributed by atoms with van der Waals surface area (Å²) in [5, 5.41) is 14.4. The molecule has 2 aromatic rings. The van der Waals surface area contributed by atoms with Crippen LogP contribution in [0.5, 0.6) is 0 Å². The second-order valence-corrected chi connectivity index (χ2v) is 4.04. The fraction of sp³-hybridized carbons (Fsp3) is 0.333. The van der Waals surface area contributed by atoms with E-state index in [2.05, 4.69) is 5.10 Å². The lowest BCUT2D eigenvalue weighted by Gasteiger charge is -2.08. The molecule has 0 spiro atoms. The Labute approximate surface area is 93.5 Å². The van der Waals surface area contributed by atoms with E-state index in [1.54, 1.807) is 18.7 Å². The first kappa shape index (κ1) is 10.7. The largest absolute Gasteiger partial charge is 0.481 e. The van der Waals surface area contributed by atoms with Crippen molar-refractivity contribution in [3.8, 4) is 0 Å². The van der Waals surface area contributed by atoms with Gasteiger partial charge in [-0.2, -0.15) is 5.10 Å². The molecular formula is C12H14N2O2. The summed E-state index contributed by atoms with van der Waals surface area (Å²) in [6.07, 6.45) is 0. The number of hydrogen-bond donors (Lipinski definition) is 1. The minimum atomic E-state index is -0.826. The van der Waals surface area contributed by atoms with Crippen molar-refractivity contribution in [1.82, 2.24) is 9.78 Å². The average Bonchev–Trinajstić information content (AvgIpc) is 2.54. The lowest BCUT2D eigenvalue weighted by molar-refractivity contribution is -0.138. The van der Waals surface area contributed by atoms with Gasteiger partial charge in [-0.25, -0.2) is 0 Å². The van der Waals surface area contributed by atoms with Gasteiger partial charge in [-0.1, -0.05) is 12.1 Å². The number of aromatic nitrogens is 2. The summed E-state index contributed by atoms with van der Waals surface area (Å²) in [7, 11) is 1.79. The molecule has 1 heterocycles. The normalized spacial score (nSPS) is 12.9. The van der Waals surface area contributed by atoms with E-state index >= 15 is 0 Å². The maximum absolute atomic E-state index is 11.1. The minimum absolute atomic E-state index is 0.545. The molecular weight excluding hydrogens is 204 g/mol. The Kier molecular flexibility index (Phi) is 2.42. The van der Waals surface area contributed by atoms with Gasteiger partial charge in [0.05, 0.1) is 17.1 Å². The summed E-state index contributed by atoms with van der Waals surface area (Å²) in [5.74, 6) is -1.37. The van der Waals surface area contributed by atoms with Gasteiger partial charge in [-0.05, 0) is 25.5 Å². The number of fused-ring (bicyclic) bond motifs is 1. The van der Waals surface area contributed by atoms with Crippen LogP contribution in [0.1, 0.15) is 24.1 Å². The van der Waals surface area contributed by atoms with E-state index in [9.17, 15) is 4.79 Å². The maximum Gasteiger partial charge on any atom is 0.312 e. The summed E-state index contributed by atoms with van der Waals surface area (Å²) in [5.41, 5.74) is 2.68. The molecule has 0 aliphatic rings. The summed E-state index contributed by atoms with van der Waals surface area (Å²) >= 11 is 0. The maximum atomic E-state index is 11.1. The molecule has 0 radical (unpaired) electrons. The summed E-state index contributed by atoms with van der Waals surface area (Å²) < 4.78 is 1.66. The van der Waals surface area contributed by atoms with Crippen LogP contribution in [0.4, 0.5) is 0 Å². The topological polar surface area (TPSA) is 55.1 Å². The fourth-order valence-corrected chi connectivity index (χ4v) is 2.06. The molecule has 1 N–H and O–H groups in total. The van der Waals surface area contributed by atoms with Crippen molar-refractivity contribution in [3.63, 3.8) is 0 Å². The van der Waals surface area contributed by atoms with Crippen LogP contribution in [0, 0.1) is 6.92 Å². The first-order valence-electron chi connectivity index (χ1n) is 5.17. The molecule has 0 amide bonds.